The van der Waals surface area contributed by atoms with Crippen LogP contribution < -0.4 is 9.47 Å². The van der Waals surface area contributed by atoms with Crippen molar-refractivity contribution >= 4 is 11.9 Å². The number of benzene rings is 1. The molecule has 1 aromatic carbocycles. The highest BCUT2D eigenvalue weighted by molar-refractivity contribution is 5.66. The molecule has 0 saturated carbocycles. The van der Waals surface area contributed by atoms with Crippen molar-refractivity contribution in [1.82, 2.24) is 0 Å². The van der Waals surface area contributed by atoms with Crippen molar-refractivity contribution in [1.29, 1.82) is 0 Å². The molecule has 0 aliphatic heterocycles. The van der Waals surface area contributed by atoms with Crippen LogP contribution in [-0.4, -0.2) is 91.2 Å². The molecular formula is C26H42O10. The standard InChI is InChI=1S/C26H42O10/c1-23(27)33-18-14-29-10-3-5-12-31-16-20-35-25-8-7-9-26(22-25)36-21-17-32-13-6-4-11-30-15-19-34-24(2)28/h7-9,22H,3-6,10-21H2,1-2H3. The van der Waals surface area contributed by atoms with E-state index in [4.69, 9.17) is 37.9 Å². The van der Waals surface area contributed by atoms with Gasteiger partial charge in [0.15, 0.2) is 0 Å². The first-order valence-electron chi connectivity index (χ1n) is 12.5. The van der Waals surface area contributed by atoms with Gasteiger partial charge in [0.25, 0.3) is 0 Å². The molecule has 0 aliphatic rings. The third kappa shape index (κ3) is 20.9. The Morgan fingerprint density at radius 1 is 0.528 bits per heavy atom. The second kappa shape index (κ2) is 23.0. The van der Waals surface area contributed by atoms with Crippen molar-refractivity contribution < 1.29 is 47.5 Å². The lowest BCUT2D eigenvalue weighted by Crippen LogP contribution is -2.10. The Morgan fingerprint density at radius 3 is 1.25 bits per heavy atom. The minimum atomic E-state index is -0.292. The zero-order valence-corrected chi connectivity index (χ0v) is 21.7. The van der Waals surface area contributed by atoms with E-state index in [0.717, 1.165) is 37.2 Å². The molecular weight excluding hydrogens is 472 g/mol. The van der Waals surface area contributed by atoms with Crippen molar-refractivity contribution in [3.63, 3.8) is 0 Å². The average molecular weight is 515 g/mol. The van der Waals surface area contributed by atoms with Crippen molar-refractivity contribution in [3.8, 4) is 11.5 Å². The van der Waals surface area contributed by atoms with Crippen molar-refractivity contribution in [2.45, 2.75) is 39.5 Å². The maximum atomic E-state index is 10.6. The highest BCUT2D eigenvalue weighted by Crippen LogP contribution is 2.19. The summed E-state index contributed by atoms with van der Waals surface area (Å²) < 4.78 is 42.9. The molecule has 0 aromatic heterocycles. The fourth-order valence-electron chi connectivity index (χ4n) is 2.80. The molecule has 10 nitrogen and oxygen atoms in total. The first kappa shape index (κ1) is 31.6. The van der Waals surface area contributed by atoms with Crippen molar-refractivity contribution in [2.24, 2.45) is 0 Å². The Morgan fingerprint density at radius 2 is 0.889 bits per heavy atom. The van der Waals surface area contributed by atoms with Gasteiger partial charge < -0.3 is 37.9 Å². The van der Waals surface area contributed by atoms with Gasteiger partial charge in [-0.3, -0.25) is 9.59 Å². The van der Waals surface area contributed by atoms with E-state index in [2.05, 4.69) is 0 Å². The van der Waals surface area contributed by atoms with Gasteiger partial charge in [0.2, 0.25) is 0 Å². The van der Waals surface area contributed by atoms with E-state index < -0.39 is 0 Å². The van der Waals surface area contributed by atoms with E-state index in [1.165, 1.54) is 13.8 Å². The summed E-state index contributed by atoms with van der Waals surface area (Å²) in [5, 5.41) is 0. The molecule has 0 saturated heterocycles. The summed E-state index contributed by atoms with van der Waals surface area (Å²) in [5.74, 6) is 0.874. The number of rotatable bonds is 24. The molecule has 0 heterocycles. The normalized spacial score (nSPS) is 10.7. The molecule has 0 amide bonds. The van der Waals surface area contributed by atoms with E-state index in [1.807, 2.05) is 24.3 Å². The fourth-order valence-corrected chi connectivity index (χ4v) is 2.80. The molecule has 0 radical (unpaired) electrons. The van der Waals surface area contributed by atoms with E-state index in [-0.39, 0.29) is 11.9 Å². The molecule has 1 rings (SSSR count). The number of carbonyl (C=O) groups is 2. The first-order chi connectivity index (χ1) is 17.6. The molecule has 36 heavy (non-hydrogen) atoms. The molecule has 0 bridgehead atoms. The monoisotopic (exact) mass is 514 g/mol. The van der Waals surface area contributed by atoms with E-state index >= 15 is 0 Å². The fraction of sp³-hybridized carbons (Fsp3) is 0.692. The zero-order chi connectivity index (χ0) is 26.1. The van der Waals surface area contributed by atoms with Crippen LogP contribution in [0.15, 0.2) is 24.3 Å². The van der Waals surface area contributed by atoms with Gasteiger partial charge in [-0.25, -0.2) is 0 Å². The van der Waals surface area contributed by atoms with Gasteiger partial charge in [0, 0.05) is 46.3 Å². The largest absolute Gasteiger partial charge is 0.491 e. The van der Waals surface area contributed by atoms with Gasteiger partial charge in [-0.15, -0.1) is 0 Å². The molecule has 0 spiro atoms. The Hall–Kier alpha value is -2.40. The lowest BCUT2D eigenvalue weighted by atomic mass is 10.3. The van der Waals surface area contributed by atoms with Gasteiger partial charge in [0.1, 0.15) is 37.9 Å². The number of unbranched alkanes of at least 4 members (excludes halogenated alkanes) is 2. The third-order valence-corrected chi connectivity index (χ3v) is 4.52. The van der Waals surface area contributed by atoms with E-state index in [9.17, 15) is 9.59 Å². The van der Waals surface area contributed by atoms with Crippen LogP contribution in [0.2, 0.25) is 0 Å². The number of ether oxygens (including phenoxy) is 8. The second-order valence-electron chi connectivity index (χ2n) is 7.72. The Kier molecular flexibility index (Phi) is 20.2. The summed E-state index contributed by atoms with van der Waals surface area (Å²) in [4.78, 5) is 21.2. The number of esters is 2. The van der Waals surface area contributed by atoms with Crippen LogP contribution in [0.5, 0.6) is 11.5 Å². The Balaban J connectivity index is 1.92. The minimum Gasteiger partial charge on any atom is -0.491 e. The maximum Gasteiger partial charge on any atom is 0.302 e. The number of hydrogen-bond acceptors (Lipinski definition) is 10. The molecule has 0 aliphatic carbocycles. The van der Waals surface area contributed by atoms with E-state index in [1.54, 1.807) is 0 Å². The van der Waals surface area contributed by atoms with Crippen molar-refractivity contribution in [2.75, 3.05) is 79.3 Å². The SMILES string of the molecule is CC(=O)OCCOCCCCOCCOc1cccc(OCCOCCCCOCCOC(C)=O)c1. The summed E-state index contributed by atoms with van der Waals surface area (Å²) in [5.41, 5.74) is 0. The highest BCUT2D eigenvalue weighted by atomic mass is 16.6. The molecule has 0 fully saturated rings. The molecule has 0 atom stereocenters. The predicted octanol–water partition coefficient (Wildman–Crippen LogP) is 3.20. The van der Waals surface area contributed by atoms with Gasteiger partial charge in [-0.1, -0.05) is 6.07 Å². The molecule has 0 N–H and O–H groups in total. The predicted molar refractivity (Wildman–Crippen MR) is 132 cm³/mol. The second-order valence-corrected chi connectivity index (χ2v) is 7.72. The van der Waals surface area contributed by atoms with Gasteiger partial charge >= 0.3 is 11.9 Å². The highest BCUT2D eigenvalue weighted by Gasteiger charge is 2.00. The maximum absolute atomic E-state index is 10.6. The topological polar surface area (TPSA) is 108 Å². The average Bonchev–Trinajstić information content (AvgIpc) is 2.85. The van der Waals surface area contributed by atoms with Crippen LogP contribution in [0.4, 0.5) is 0 Å². The van der Waals surface area contributed by atoms with Crippen molar-refractivity contribution in [3.05, 3.63) is 24.3 Å². The van der Waals surface area contributed by atoms with Crippen LogP contribution in [0, 0.1) is 0 Å². The lowest BCUT2D eigenvalue weighted by molar-refractivity contribution is -0.143. The third-order valence-electron chi connectivity index (χ3n) is 4.52. The van der Waals surface area contributed by atoms with Crippen LogP contribution in [0.1, 0.15) is 39.5 Å². The first-order valence-corrected chi connectivity index (χ1v) is 12.5. The summed E-state index contributed by atoms with van der Waals surface area (Å²) in [6.45, 7) is 8.63. The number of hydrogen-bond donors (Lipinski definition) is 0. The van der Waals surface area contributed by atoms with Crippen LogP contribution in [0.25, 0.3) is 0 Å². The van der Waals surface area contributed by atoms with E-state index in [0.29, 0.717) is 79.3 Å². The quantitative estimate of drug-likeness (QED) is 0.151. The zero-order valence-electron chi connectivity index (χ0n) is 21.7. The summed E-state index contributed by atoms with van der Waals surface area (Å²) in [7, 11) is 0. The molecule has 1 aromatic rings. The Bertz CT molecular complexity index is 629. The van der Waals surface area contributed by atoms with Gasteiger partial charge in [-0.2, -0.15) is 0 Å². The van der Waals surface area contributed by atoms with Gasteiger partial charge in [0.05, 0.1) is 26.4 Å². The van der Waals surface area contributed by atoms with Crippen LogP contribution >= 0.6 is 0 Å². The smallest absolute Gasteiger partial charge is 0.302 e. The number of carbonyl (C=O) groups excluding carboxylic acids is 2. The minimum absolute atomic E-state index is 0.292. The lowest BCUT2D eigenvalue weighted by Gasteiger charge is -2.10. The van der Waals surface area contributed by atoms with Crippen LogP contribution in [-0.2, 0) is 38.0 Å². The Labute approximate surface area is 214 Å². The summed E-state index contributed by atoms with van der Waals surface area (Å²) >= 11 is 0. The van der Waals surface area contributed by atoms with Gasteiger partial charge in [-0.05, 0) is 37.8 Å². The molecule has 206 valence electrons. The molecule has 10 heteroatoms. The summed E-state index contributed by atoms with van der Waals surface area (Å²) in [6, 6.07) is 7.49. The summed E-state index contributed by atoms with van der Waals surface area (Å²) in [6.07, 6.45) is 3.56. The molecule has 0 unspecified atom stereocenters. The van der Waals surface area contributed by atoms with Crippen LogP contribution in [0.3, 0.4) is 0 Å².